The molecule has 2 rings (SSSR count). The number of benzene rings is 1. The van der Waals surface area contributed by atoms with Gasteiger partial charge in [0, 0.05) is 24.0 Å². The number of hydrogen-bond donors (Lipinski definition) is 1. The van der Waals surface area contributed by atoms with E-state index in [1.165, 1.54) is 0 Å². The van der Waals surface area contributed by atoms with Crippen LogP contribution in [0.4, 0.5) is 0 Å². The van der Waals surface area contributed by atoms with Gasteiger partial charge in [-0.2, -0.15) is 0 Å². The van der Waals surface area contributed by atoms with E-state index in [-0.39, 0.29) is 18.0 Å². The monoisotopic (exact) mass is 298 g/mol. The summed E-state index contributed by atoms with van der Waals surface area (Å²) < 4.78 is 6.06. The van der Waals surface area contributed by atoms with Crippen LogP contribution >= 0.6 is 15.9 Å². The number of hydrogen-bond acceptors (Lipinski definition) is 3. The lowest BCUT2D eigenvalue weighted by molar-refractivity contribution is -0.127. The van der Waals surface area contributed by atoms with E-state index in [1.54, 1.807) is 19.1 Å². The van der Waals surface area contributed by atoms with E-state index in [9.17, 15) is 4.79 Å². The Bertz CT molecular complexity index is 450. The van der Waals surface area contributed by atoms with E-state index >= 15 is 0 Å². The average Bonchev–Trinajstić information content (AvgIpc) is 2.54. The zero-order valence-corrected chi connectivity index (χ0v) is 11.4. The molecule has 1 saturated heterocycles. The van der Waals surface area contributed by atoms with E-state index in [2.05, 4.69) is 15.9 Å². The number of likely N-dealkylation sites (tertiary alicyclic amines) is 1. The lowest BCUT2D eigenvalue weighted by Gasteiger charge is -2.24. The van der Waals surface area contributed by atoms with E-state index in [0.29, 0.717) is 6.42 Å². The first-order valence-electron chi connectivity index (χ1n) is 5.39. The summed E-state index contributed by atoms with van der Waals surface area (Å²) in [5.41, 5.74) is 7.04. The number of carbonyl (C=O) groups is 1. The third-order valence-corrected chi connectivity index (χ3v) is 3.84. The van der Waals surface area contributed by atoms with Crippen LogP contribution in [0.25, 0.3) is 0 Å². The lowest BCUT2D eigenvalue weighted by atomic mass is 10.0. The lowest BCUT2D eigenvalue weighted by Crippen LogP contribution is -2.30. The highest BCUT2D eigenvalue weighted by molar-refractivity contribution is 9.10. The molecule has 1 aliphatic heterocycles. The molecule has 92 valence electrons. The molecule has 1 aromatic carbocycles. The second kappa shape index (κ2) is 4.66. The SMILES string of the molecule is COc1ccc(C2C(N)CC(=O)N2C)c(Br)c1. The van der Waals surface area contributed by atoms with Crippen molar-refractivity contribution in [2.24, 2.45) is 5.73 Å². The third kappa shape index (κ3) is 2.17. The van der Waals surface area contributed by atoms with Gasteiger partial charge < -0.3 is 15.4 Å². The van der Waals surface area contributed by atoms with Crippen LogP contribution in [0.3, 0.4) is 0 Å². The Morgan fingerprint density at radius 2 is 2.24 bits per heavy atom. The Labute approximate surface area is 109 Å². The minimum atomic E-state index is -0.155. The van der Waals surface area contributed by atoms with Gasteiger partial charge in [0.2, 0.25) is 5.91 Å². The number of halogens is 1. The average molecular weight is 299 g/mol. The van der Waals surface area contributed by atoms with Crippen LogP contribution in [-0.2, 0) is 4.79 Å². The highest BCUT2D eigenvalue weighted by Crippen LogP contribution is 2.36. The third-order valence-electron chi connectivity index (χ3n) is 3.15. The van der Waals surface area contributed by atoms with Gasteiger partial charge in [-0.15, -0.1) is 0 Å². The Morgan fingerprint density at radius 3 is 2.71 bits per heavy atom. The highest BCUT2D eigenvalue weighted by Gasteiger charge is 2.37. The number of methoxy groups -OCH3 is 1. The minimum Gasteiger partial charge on any atom is -0.497 e. The number of ether oxygens (including phenoxy) is 1. The van der Waals surface area contributed by atoms with Crippen molar-refractivity contribution in [1.82, 2.24) is 4.90 Å². The summed E-state index contributed by atoms with van der Waals surface area (Å²) in [7, 11) is 3.41. The summed E-state index contributed by atoms with van der Waals surface area (Å²) in [6.07, 6.45) is 0.402. The number of likely N-dealkylation sites (N-methyl/N-ethyl adjacent to an activating group) is 1. The summed E-state index contributed by atoms with van der Waals surface area (Å²) in [6.45, 7) is 0. The van der Waals surface area contributed by atoms with Crippen LogP contribution in [0, 0.1) is 0 Å². The molecule has 1 fully saturated rings. The number of carbonyl (C=O) groups excluding carboxylic acids is 1. The van der Waals surface area contributed by atoms with Crippen LogP contribution in [0.2, 0.25) is 0 Å². The molecule has 1 aromatic rings. The zero-order chi connectivity index (χ0) is 12.6. The summed E-state index contributed by atoms with van der Waals surface area (Å²) in [4.78, 5) is 13.3. The molecule has 1 amide bonds. The molecule has 0 saturated carbocycles. The summed E-state index contributed by atoms with van der Waals surface area (Å²) in [5, 5.41) is 0. The van der Waals surface area contributed by atoms with Gasteiger partial charge in [-0.3, -0.25) is 4.79 Å². The zero-order valence-electron chi connectivity index (χ0n) is 9.81. The van der Waals surface area contributed by atoms with Gasteiger partial charge in [0.1, 0.15) is 5.75 Å². The predicted molar refractivity (Wildman–Crippen MR) is 68.8 cm³/mol. The topological polar surface area (TPSA) is 55.6 Å². The number of nitrogens with two attached hydrogens (primary N) is 1. The van der Waals surface area contributed by atoms with Crippen molar-refractivity contribution in [3.05, 3.63) is 28.2 Å². The molecule has 0 aliphatic carbocycles. The molecule has 0 aromatic heterocycles. The fraction of sp³-hybridized carbons (Fsp3) is 0.417. The molecule has 1 aliphatic rings. The van der Waals surface area contributed by atoms with Gasteiger partial charge >= 0.3 is 0 Å². The summed E-state index contributed by atoms with van der Waals surface area (Å²) in [6, 6.07) is 5.49. The summed E-state index contributed by atoms with van der Waals surface area (Å²) in [5.74, 6) is 0.867. The molecule has 4 nitrogen and oxygen atoms in total. The van der Waals surface area contributed by atoms with Gasteiger partial charge in [-0.05, 0) is 17.7 Å². The van der Waals surface area contributed by atoms with Gasteiger partial charge in [0.05, 0.1) is 13.2 Å². The predicted octanol–water partition coefficient (Wildman–Crippen LogP) is 1.69. The second-order valence-corrected chi connectivity index (χ2v) is 5.06. The van der Waals surface area contributed by atoms with Crippen LogP contribution in [-0.4, -0.2) is 31.0 Å². The van der Waals surface area contributed by atoms with Gasteiger partial charge in [-0.1, -0.05) is 22.0 Å². The minimum absolute atomic E-state index is 0.0669. The summed E-state index contributed by atoms with van der Waals surface area (Å²) >= 11 is 3.50. The fourth-order valence-corrected chi connectivity index (χ4v) is 2.81. The van der Waals surface area contributed by atoms with Crippen LogP contribution in [0.5, 0.6) is 5.75 Å². The molecule has 1 heterocycles. The molecular weight excluding hydrogens is 284 g/mol. The fourth-order valence-electron chi connectivity index (χ4n) is 2.21. The van der Waals surface area contributed by atoms with Gasteiger partial charge in [0.15, 0.2) is 0 Å². The van der Waals surface area contributed by atoms with Crippen molar-refractivity contribution in [2.45, 2.75) is 18.5 Å². The quantitative estimate of drug-likeness (QED) is 0.904. The standard InChI is InChI=1S/C12H15BrN2O2/c1-15-11(16)6-10(14)12(15)8-4-3-7(17-2)5-9(8)13/h3-5,10,12H,6,14H2,1-2H3. The van der Waals surface area contributed by atoms with E-state index in [4.69, 9.17) is 10.5 Å². The normalized spacial score (nSPS) is 24.2. The van der Waals surface area contributed by atoms with Crippen molar-refractivity contribution in [1.29, 1.82) is 0 Å². The maximum absolute atomic E-state index is 11.6. The maximum atomic E-state index is 11.6. The first-order chi connectivity index (χ1) is 8.04. The van der Waals surface area contributed by atoms with Crippen molar-refractivity contribution in [3.8, 4) is 5.75 Å². The first kappa shape index (κ1) is 12.4. The van der Waals surface area contributed by atoms with Crippen molar-refractivity contribution in [2.75, 3.05) is 14.2 Å². The van der Waals surface area contributed by atoms with Gasteiger partial charge in [0.25, 0.3) is 0 Å². The van der Waals surface area contributed by atoms with E-state index in [1.807, 2.05) is 18.2 Å². The maximum Gasteiger partial charge on any atom is 0.224 e. The molecule has 0 bridgehead atoms. The molecule has 17 heavy (non-hydrogen) atoms. The largest absolute Gasteiger partial charge is 0.497 e. The molecular formula is C12H15BrN2O2. The number of rotatable bonds is 2. The molecule has 0 radical (unpaired) electrons. The van der Waals surface area contributed by atoms with E-state index in [0.717, 1.165) is 15.8 Å². The van der Waals surface area contributed by atoms with Crippen LogP contribution in [0.15, 0.2) is 22.7 Å². The van der Waals surface area contributed by atoms with Crippen LogP contribution < -0.4 is 10.5 Å². The van der Waals surface area contributed by atoms with E-state index < -0.39 is 0 Å². The Morgan fingerprint density at radius 1 is 1.53 bits per heavy atom. The number of amides is 1. The van der Waals surface area contributed by atoms with Crippen molar-refractivity contribution in [3.63, 3.8) is 0 Å². The molecule has 2 atom stereocenters. The Kier molecular flexibility index (Phi) is 3.40. The first-order valence-corrected chi connectivity index (χ1v) is 6.18. The Balaban J connectivity index is 2.37. The highest BCUT2D eigenvalue weighted by atomic mass is 79.9. The van der Waals surface area contributed by atoms with Crippen molar-refractivity contribution < 1.29 is 9.53 Å². The molecule has 2 N–H and O–H groups in total. The molecule has 0 spiro atoms. The van der Waals surface area contributed by atoms with Crippen LogP contribution in [0.1, 0.15) is 18.0 Å². The Hall–Kier alpha value is -1.07. The van der Waals surface area contributed by atoms with Gasteiger partial charge in [-0.25, -0.2) is 0 Å². The molecule has 2 unspecified atom stereocenters. The smallest absolute Gasteiger partial charge is 0.224 e. The van der Waals surface area contributed by atoms with Crippen molar-refractivity contribution >= 4 is 21.8 Å². The second-order valence-electron chi connectivity index (χ2n) is 4.20. The molecule has 5 heteroatoms. The number of nitrogens with zero attached hydrogens (tertiary/aromatic N) is 1.